The molecule has 1 N–H and O–H groups in total. The van der Waals surface area contributed by atoms with Crippen LogP contribution in [0.1, 0.15) is 5.56 Å². The lowest BCUT2D eigenvalue weighted by Crippen LogP contribution is -2.00. The smallest absolute Gasteiger partial charge is 0.270 e. The monoisotopic (exact) mass is 240 g/mol. The number of allylic oxidation sites excluding steroid dienone is 3. The van der Waals surface area contributed by atoms with Crippen LogP contribution in [0.5, 0.6) is 0 Å². The van der Waals surface area contributed by atoms with E-state index in [-0.39, 0.29) is 5.70 Å². The van der Waals surface area contributed by atoms with E-state index in [9.17, 15) is 10.1 Å². The Morgan fingerprint density at radius 1 is 1.39 bits per heavy atom. The molecule has 0 aliphatic carbocycles. The van der Waals surface area contributed by atoms with Crippen LogP contribution in [0.25, 0.3) is 16.5 Å². The topological polar surface area (TPSA) is 58.9 Å². The van der Waals surface area contributed by atoms with Gasteiger partial charge in [-0.05, 0) is 41.8 Å². The predicted octanol–water partition coefficient (Wildman–Crippen LogP) is 3.53. The van der Waals surface area contributed by atoms with E-state index in [0.29, 0.717) is 5.57 Å². The van der Waals surface area contributed by atoms with E-state index in [1.165, 1.54) is 6.08 Å². The van der Waals surface area contributed by atoms with E-state index in [0.717, 1.165) is 16.5 Å². The summed E-state index contributed by atoms with van der Waals surface area (Å²) in [5.74, 6) is 0. The Morgan fingerprint density at radius 2 is 2.17 bits per heavy atom. The van der Waals surface area contributed by atoms with Crippen molar-refractivity contribution in [3.8, 4) is 0 Å². The number of rotatable bonds is 4. The van der Waals surface area contributed by atoms with Crippen molar-refractivity contribution < 1.29 is 4.92 Å². The fraction of sp³-hybridized carbons (Fsp3) is 0. The van der Waals surface area contributed by atoms with Crippen molar-refractivity contribution in [3.63, 3.8) is 0 Å². The largest absolute Gasteiger partial charge is 0.361 e. The lowest BCUT2D eigenvalue weighted by atomic mass is 10.0. The van der Waals surface area contributed by atoms with Gasteiger partial charge in [0.1, 0.15) is 0 Å². The summed E-state index contributed by atoms with van der Waals surface area (Å²) in [4.78, 5) is 13.4. The number of nitrogens with zero attached hydrogens (tertiary/aromatic N) is 1. The lowest BCUT2D eigenvalue weighted by molar-refractivity contribution is -0.416. The van der Waals surface area contributed by atoms with Gasteiger partial charge >= 0.3 is 0 Å². The number of aromatic nitrogens is 1. The number of nitro groups is 1. The highest BCUT2D eigenvalue weighted by molar-refractivity contribution is 5.87. The summed E-state index contributed by atoms with van der Waals surface area (Å²) >= 11 is 0. The fourth-order valence-electron chi connectivity index (χ4n) is 1.80. The maximum Gasteiger partial charge on any atom is 0.270 e. The Morgan fingerprint density at radius 3 is 2.83 bits per heavy atom. The van der Waals surface area contributed by atoms with Crippen molar-refractivity contribution in [2.24, 2.45) is 0 Å². The first-order chi connectivity index (χ1) is 8.63. The van der Waals surface area contributed by atoms with Crippen LogP contribution in [-0.2, 0) is 0 Å². The maximum atomic E-state index is 10.8. The summed E-state index contributed by atoms with van der Waals surface area (Å²) in [7, 11) is 0. The Balaban J connectivity index is 2.54. The SMILES string of the molecule is C=C/C=C(\C(=C)[N+](=O)[O-])c1ccc2[nH]ccc2c1. The molecule has 1 heterocycles. The number of benzene rings is 1. The lowest BCUT2D eigenvalue weighted by Gasteiger charge is -2.04. The average Bonchev–Trinajstić information content (AvgIpc) is 2.82. The molecule has 2 rings (SSSR count). The van der Waals surface area contributed by atoms with Crippen LogP contribution in [0.2, 0.25) is 0 Å². The second kappa shape index (κ2) is 4.71. The summed E-state index contributed by atoms with van der Waals surface area (Å²) in [5.41, 5.74) is 2.08. The quantitative estimate of drug-likeness (QED) is 0.505. The average molecular weight is 240 g/mol. The second-order valence-corrected chi connectivity index (χ2v) is 3.80. The van der Waals surface area contributed by atoms with Gasteiger partial charge in [0, 0.05) is 11.7 Å². The van der Waals surface area contributed by atoms with Crippen LogP contribution in [0, 0.1) is 10.1 Å². The molecule has 0 spiro atoms. The van der Waals surface area contributed by atoms with Gasteiger partial charge in [0.2, 0.25) is 0 Å². The highest BCUT2D eigenvalue weighted by Gasteiger charge is 2.15. The Labute approximate surface area is 104 Å². The number of H-pyrrole nitrogens is 1. The highest BCUT2D eigenvalue weighted by atomic mass is 16.6. The predicted molar refractivity (Wildman–Crippen MR) is 72.6 cm³/mol. The number of nitrogens with one attached hydrogen (secondary N) is 1. The molecule has 2 aromatic rings. The molecule has 1 aromatic heterocycles. The van der Waals surface area contributed by atoms with Crippen LogP contribution in [0.4, 0.5) is 0 Å². The first-order valence-corrected chi connectivity index (χ1v) is 5.37. The molecule has 0 fully saturated rings. The molecule has 0 aliphatic heterocycles. The van der Waals surface area contributed by atoms with Gasteiger partial charge in [0.05, 0.1) is 10.5 Å². The zero-order chi connectivity index (χ0) is 13.1. The summed E-state index contributed by atoms with van der Waals surface area (Å²) < 4.78 is 0. The first kappa shape index (κ1) is 11.9. The zero-order valence-electron chi connectivity index (χ0n) is 9.72. The molecule has 18 heavy (non-hydrogen) atoms. The third-order valence-corrected chi connectivity index (χ3v) is 2.68. The summed E-state index contributed by atoms with van der Waals surface area (Å²) in [5, 5.41) is 11.8. The summed E-state index contributed by atoms with van der Waals surface area (Å²) in [6.45, 7) is 7.07. The molecule has 0 aliphatic rings. The van der Waals surface area contributed by atoms with Gasteiger partial charge in [-0.25, -0.2) is 0 Å². The summed E-state index contributed by atoms with van der Waals surface area (Å²) in [6, 6.07) is 7.51. The minimum atomic E-state index is -0.489. The van der Waals surface area contributed by atoms with Gasteiger partial charge in [-0.1, -0.05) is 18.7 Å². The van der Waals surface area contributed by atoms with Crippen molar-refractivity contribution in [3.05, 3.63) is 77.1 Å². The van der Waals surface area contributed by atoms with Crippen molar-refractivity contribution in [1.29, 1.82) is 0 Å². The molecule has 0 atom stereocenters. The van der Waals surface area contributed by atoms with Crippen LogP contribution in [0.3, 0.4) is 0 Å². The Hall–Kier alpha value is -2.62. The molecule has 0 saturated heterocycles. The van der Waals surface area contributed by atoms with Crippen molar-refractivity contribution in [1.82, 2.24) is 4.98 Å². The third-order valence-electron chi connectivity index (χ3n) is 2.68. The number of hydrogen-bond donors (Lipinski definition) is 1. The van der Waals surface area contributed by atoms with Gasteiger partial charge in [0.15, 0.2) is 0 Å². The van der Waals surface area contributed by atoms with Gasteiger partial charge in [-0.15, -0.1) is 0 Å². The Bertz CT molecular complexity index is 665. The normalized spacial score (nSPS) is 11.4. The molecule has 0 radical (unpaired) electrons. The van der Waals surface area contributed by atoms with E-state index in [1.807, 2.05) is 30.5 Å². The molecule has 90 valence electrons. The minimum Gasteiger partial charge on any atom is -0.361 e. The molecule has 4 heteroatoms. The number of fused-ring (bicyclic) bond motifs is 1. The van der Waals surface area contributed by atoms with Crippen LogP contribution < -0.4 is 0 Å². The minimum absolute atomic E-state index is 0.134. The van der Waals surface area contributed by atoms with E-state index >= 15 is 0 Å². The van der Waals surface area contributed by atoms with E-state index in [2.05, 4.69) is 18.1 Å². The molecule has 0 unspecified atom stereocenters. The third kappa shape index (κ3) is 2.08. The van der Waals surface area contributed by atoms with Crippen LogP contribution in [-0.4, -0.2) is 9.91 Å². The van der Waals surface area contributed by atoms with Gasteiger partial charge in [-0.2, -0.15) is 0 Å². The molecular formula is C14H12N2O2. The molecule has 0 bridgehead atoms. The first-order valence-electron chi connectivity index (χ1n) is 5.37. The van der Waals surface area contributed by atoms with E-state index < -0.39 is 4.92 Å². The molecule has 4 nitrogen and oxygen atoms in total. The molecule has 1 aromatic carbocycles. The highest BCUT2D eigenvalue weighted by Crippen LogP contribution is 2.25. The number of aromatic amines is 1. The number of hydrogen-bond acceptors (Lipinski definition) is 2. The Kier molecular flexibility index (Phi) is 3.10. The maximum absolute atomic E-state index is 10.8. The van der Waals surface area contributed by atoms with Crippen molar-refractivity contribution >= 4 is 16.5 Å². The van der Waals surface area contributed by atoms with Crippen LogP contribution >= 0.6 is 0 Å². The van der Waals surface area contributed by atoms with Gasteiger partial charge in [0.25, 0.3) is 5.70 Å². The fourth-order valence-corrected chi connectivity index (χ4v) is 1.80. The molecule has 0 saturated carbocycles. The zero-order valence-corrected chi connectivity index (χ0v) is 9.72. The van der Waals surface area contributed by atoms with Gasteiger partial charge < -0.3 is 4.98 Å². The van der Waals surface area contributed by atoms with Crippen molar-refractivity contribution in [2.75, 3.05) is 0 Å². The second-order valence-electron chi connectivity index (χ2n) is 3.80. The van der Waals surface area contributed by atoms with Gasteiger partial charge in [-0.3, -0.25) is 10.1 Å². The molecule has 0 amide bonds. The molecular weight excluding hydrogens is 228 g/mol. The van der Waals surface area contributed by atoms with E-state index in [1.54, 1.807) is 6.08 Å². The van der Waals surface area contributed by atoms with Crippen molar-refractivity contribution in [2.45, 2.75) is 0 Å². The standard InChI is InChI=1S/C14H12N2O2/c1-3-4-13(10(2)16(17)18)11-5-6-14-12(9-11)7-8-15-14/h3-9,15H,1-2H2/b13-4+. The van der Waals surface area contributed by atoms with Crippen LogP contribution in [0.15, 0.2) is 61.5 Å². The van der Waals surface area contributed by atoms with E-state index in [4.69, 9.17) is 0 Å². The summed E-state index contributed by atoms with van der Waals surface area (Å²) in [6.07, 6.45) is 4.94.